The minimum absolute atomic E-state index is 0.149. The smallest absolute Gasteiger partial charge is 0.341 e. The predicted molar refractivity (Wildman–Crippen MR) is 63.7 cm³/mol. The molecule has 0 spiro atoms. The van der Waals surface area contributed by atoms with Crippen LogP contribution in [-0.2, 0) is 4.74 Å². The lowest BCUT2D eigenvalue weighted by Crippen LogP contribution is -2.28. The molecule has 0 radical (unpaired) electrons. The van der Waals surface area contributed by atoms with Crippen molar-refractivity contribution in [1.29, 1.82) is 0 Å². The van der Waals surface area contributed by atoms with Gasteiger partial charge in [-0.25, -0.2) is 9.78 Å². The molecule has 0 atom stereocenters. The number of nitrogens with zero attached hydrogens (tertiary/aromatic N) is 1. The largest absolute Gasteiger partial charge is 0.465 e. The fourth-order valence-corrected chi connectivity index (χ4v) is 1.37. The van der Waals surface area contributed by atoms with E-state index < -0.39 is 0 Å². The van der Waals surface area contributed by atoms with Crippen LogP contribution >= 0.6 is 0 Å². The first-order chi connectivity index (χ1) is 7.35. The number of carbonyl (C=O) groups excluding carboxylic acids is 1. The molecule has 1 heterocycles. The summed E-state index contributed by atoms with van der Waals surface area (Å²) in [6.45, 7) is 7.90. The summed E-state index contributed by atoms with van der Waals surface area (Å²) in [5, 5.41) is 3.19. The van der Waals surface area contributed by atoms with Crippen molar-refractivity contribution in [3.63, 3.8) is 0 Å². The number of ether oxygens (including phenoxy) is 1. The third-order valence-electron chi connectivity index (χ3n) is 2.04. The number of nitrogens with one attached hydrogen (secondary N) is 1. The lowest BCUT2D eigenvalue weighted by Gasteiger charge is -2.23. The molecule has 0 saturated heterocycles. The molecular formula is C12H18N2O2. The summed E-state index contributed by atoms with van der Waals surface area (Å²) >= 11 is 0. The molecule has 0 bridgehead atoms. The monoisotopic (exact) mass is 222 g/mol. The SMILES string of the molecule is COC(=O)c1c(C)ccnc1NC(C)(C)C. The number of hydrogen-bond acceptors (Lipinski definition) is 4. The number of anilines is 1. The van der Waals surface area contributed by atoms with Gasteiger partial charge in [-0.15, -0.1) is 0 Å². The molecule has 1 N–H and O–H groups in total. The standard InChI is InChI=1S/C12H18N2O2/c1-8-6-7-13-10(14-12(2,3)4)9(8)11(15)16-5/h6-7H,1-5H3,(H,13,14). The molecule has 1 aromatic heterocycles. The molecule has 16 heavy (non-hydrogen) atoms. The lowest BCUT2D eigenvalue weighted by molar-refractivity contribution is 0.0600. The van der Waals surface area contributed by atoms with Gasteiger partial charge in [-0.2, -0.15) is 0 Å². The number of aryl methyl sites for hydroxylation is 1. The van der Waals surface area contributed by atoms with E-state index >= 15 is 0 Å². The molecule has 0 saturated carbocycles. The molecule has 0 fully saturated rings. The Hall–Kier alpha value is -1.58. The van der Waals surface area contributed by atoms with Gasteiger partial charge in [-0.05, 0) is 39.3 Å². The highest BCUT2D eigenvalue weighted by Gasteiger charge is 2.19. The molecular weight excluding hydrogens is 204 g/mol. The molecule has 0 aromatic carbocycles. The third kappa shape index (κ3) is 2.95. The van der Waals surface area contributed by atoms with Crippen molar-refractivity contribution >= 4 is 11.8 Å². The van der Waals surface area contributed by atoms with E-state index in [9.17, 15) is 4.79 Å². The fraction of sp³-hybridized carbons (Fsp3) is 0.500. The summed E-state index contributed by atoms with van der Waals surface area (Å²) in [7, 11) is 1.37. The van der Waals surface area contributed by atoms with Gasteiger partial charge >= 0.3 is 5.97 Å². The number of aromatic nitrogens is 1. The van der Waals surface area contributed by atoms with E-state index in [-0.39, 0.29) is 11.5 Å². The van der Waals surface area contributed by atoms with Crippen LogP contribution in [0.15, 0.2) is 12.3 Å². The van der Waals surface area contributed by atoms with Crippen molar-refractivity contribution in [3.8, 4) is 0 Å². The maximum atomic E-state index is 11.6. The summed E-state index contributed by atoms with van der Waals surface area (Å²) in [6, 6.07) is 1.79. The van der Waals surface area contributed by atoms with Crippen LogP contribution in [0.5, 0.6) is 0 Å². The van der Waals surface area contributed by atoms with E-state index in [1.807, 2.05) is 27.7 Å². The third-order valence-corrected chi connectivity index (χ3v) is 2.04. The summed E-state index contributed by atoms with van der Waals surface area (Å²) in [5.41, 5.74) is 1.21. The topological polar surface area (TPSA) is 51.2 Å². The Morgan fingerprint density at radius 2 is 2.06 bits per heavy atom. The van der Waals surface area contributed by atoms with E-state index in [2.05, 4.69) is 10.3 Å². The van der Waals surface area contributed by atoms with Crippen molar-refractivity contribution in [2.45, 2.75) is 33.2 Å². The van der Waals surface area contributed by atoms with Crippen molar-refractivity contribution < 1.29 is 9.53 Å². The number of esters is 1. The average molecular weight is 222 g/mol. The van der Waals surface area contributed by atoms with E-state index in [4.69, 9.17) is 4.74 Å². The van der Waals surface area contributed by atoms with E-state index in [0.29, 0.717) is 11.4 Å². The Balaban J connectivity index is 3.18. The van der Waals surface area contributed by atoms with Crippen LogP contribution < -0.4 is 5.32 Å². The number of hydrogen-bond donors (Lipinski definition) is 1. The molecule has 0 unspecified atom stereocenters. The number of methoxy groups -OCH3 is 1. The Kier molecular flexibility index (Phi) is 3.52. The first kappa shape index (κ1) is 12.5. The molecule has 0 aliphatic rings. The average Bonchev–Trinajstić information content (AvgIpc) is 2.14. The van der Waals surface area contributed by atoms with E-state index in [1.165, 1.54) is 7.11 Å². The zero-order chi connectivity index (χ0) is 12.3. The van der Waals surface area contributed by atoms with Crippen LogP contribution in [0.3, 0.4) is 0 Å². The second-order valence-electron chi connectivity index (χ2n) is 4.72. The number of rotatable bonds is 2. The Morgan fingerprint density at radius 3 is 2.56 bits per heavy atom. The predicted octanol–water partition coefficient (Wildman–Crippen LogP) is 2.39. The van der Waals surface area contributed by atoms with Crippen molar-refractivity contribution in [2.24, 2.45) is 0 Å². The molecule has 0 amide bonds. The summed E-state index contributed by atoms with van der Waals surface area (Å²) in [6.07, 6.45) is 1.68. The maximum Gasteiger partial charge on any atom is 0.341 e. The second kappa shape index (κ2) is 4.51. The Morgan fingerprint density at radius 1 is 1.44 bits per heavy atom. The minimum atomic E-state index is -0.364. The molecule has 4 heteroatoms. The molecule has 1 rings (SSSR count). The van der Waals surface area contributed by atoms with Gasteiger partial charge in [-0.3, -0.25) is 0 Å². The van der Waals surface area contributed by atoms with Crippen LogP contribution in [0.25, 0.3) is 0 Å². The maximum absolute atomic E-state index is 11.6. The second-order valence-corrected chi connectivity index (χ2v) is 4.72. The van der Waals surface area contributed by atoms with Crippen LogP contribution in [0, 0.1) is 6.92 Å². The van der Waals surface area contributed by atoms with Gasteiger partial charge in [-0.1, -0.05) is 0 Å². The van der Waals surface area contributed by atoms with Gasteiger partial charge in [0.05, 0.1) is 7.11 Å². The molecule has 0 aliphatic carbocycles. The zero-order valence-electron chi connectivity index (χ0n) is 10.4. The highest BCUT2D eigenvalue weighted by molar-refractivity contribution is 5.96. The number of carbonyl (C=O) groups is 1. The van der Waals surface area contributed by atoms with Gasteiger partial charge in [0.1, 0.15) is 11.4 Å². The normalized spacial score (nSPS) is 11.1. The molecule has 88 valence electrons. The quantitative estimate of drug-likeness (QED) is 0.780. The van der Waals surface area contributed by atoms with Gasteiger partial charge in [0.15, 0.2) is 0 Å². The van der Waals surface area contributed by atoms with Gasteiger partial charge in [0.25, 0.3) is 0 Å². The van der Waals surface area contributed by atoms with Crippen LogP contribution in [0.1, 0.15) is 36.7 Å². The number of pyridine rings is 1. The van der Waals surface area contributed by atoms with Crippen LogP contribution in [0.4, 0.5) is 5.82 Å². The highest BCUT2D eigenvalue weighted by Crippen LogP contribution is 2.21. The zero-order valence-corrected chi connectivity index (χ0v) is 10.4. The van der Waals surface area contributed by atoms with Crippen molar-refractivity contribution in [2.75, 3.05) is 12.4 Å². The van der Waals surface area contributed by atoms with Gasteiger partial charge in [0.2, 0.25) is 0 Å². The summed E-state index contributed by atoms with van der Waals surface area (Å²) in [5.74, 6) is 0.205. The van der Waals surface area contributed by atoms with Gasteiger partial charge in [0, 0.05) is 11.7 Å². The van der Waals surface area contributed by atoms with Crippen molar-refractivity contribution in [1.82, 2.24) is 4.98 Å². The Bertz CT molecular complexity index is 394. The van der Waals surface area contributed by atoms with Crippen molar-refractivity contribution in [3.05, 3.63) is 23.4 Å². The van der Waals surface area contributed by atoms with Crippen LogP contribution in [-0.4, -0.2) is 23.6 Å². The van der Waals surface area contributed by atoms with Gasteiger partial charge < -0.3 is 10.1 Å². The Labute approximate surface area is 96.0 Å². The fourth-order valence-electron chi connectivity index (χ4n) is 1.37. The van der Waals surface area contributed by atoms with Crippen LogP contribution in [0.2, 0.25) is 0 Å². The van der Waals surface area contributed by atoms with E-state index in [1.54, 1.807) is 12.3 Å². The first-order valence-corrected chi connectivity index (χ1v) is 5.17. The lowest BCUT2D eigenvalue weighted by atomic mass is 10.1. The molecule has 0 aliphatic heterocycles. The highest BCUT2D eigenvalue weighted by atomic mass is 16.5. The minimum Gasteiger partial charge on any atom is -0.465 e. The summed E-state index contributed by atoms with van der Waals surface area (Å²) in [4.78, 5) is 15.8. The molecule has 1 aromatic rings. The summed E-state index contributed by atoms with van der Waals surface area (Å²) < 4.78 is 4.75. The van der Waals surface area contributed by atoms with E-state index in [0.717, 1.165) is 5.56 Å². The first-order valence-electron chi connectivity index (χ1n) is 5.17. The molecule has 4 nitrogen and oxygen atoms in total.